The molecular formula is C16H30N2O. The van der Waals surface area contributed by atoms with Crippen LogP contribution in [0.15, 0.2) is 0 Å². The minimum absolute atomic E-state index is 0.211. The Hall–Kier alpha value is -0.570. The first-order chi connectivity index (χ1) is 9.13. The molecule has 0 aliphatic heterocycles. The maximum atomic E-state index is 12.6. The van der Waals surface area contributed by atoms with Gasteiger partial charge >= 0.3 is 0 Å². The predicted molar refractivity (Wildman–Crippen MR) is 78.7 cm³/mol. The summed E-state index contributed by atoms with van der Waals surface area (Å²) < 4.78 is 0. The molecule has 2 aliphatic rings. The van der Waals surface area contributed by atoms with Gasteiger partial charge in [0.1, 0.15) is 0 Å². The zero-order valence-corrected chi connectivity index (χ0v) is 12.6. The highest BCUT2D eigenvalue weighted by Crippen LogP contribution is 2.32. The minimum Gasteiger partial charge on any atom is -0.338 e. The van der Waals surface area contributed by atoms with Crippen molar-refractivity contribution >= 4 is 5.91 Å². The van der Waals surface area contributed by atoms with Crippen LogP contribution in [0, 0.1) is 11.8 Å². The summed E-state index contributed by atoms with van der Waals surface area (Å²) in [7, 11) is 0. The third kappa shape index (κ3) is 3.95. The third-order valence-corrected chi connectivity index (χ3v) is 4.99. The van der Waals surface area contributed by atoms with Crippen molar-refractivity contribution in [3.05, 3.63) is 0 Å². The topological polar surface area (TPSA) is 46.3 Å². The number of rotatable bonds is 6. The Labute approximate surface area is 117 Å². The molecule has 0 unspecified atom stereocenters. The molecule has 1 amide bonds. The molecule has 0 saturated heterocycles. The van der Waals surface area contributed by atoms with Crippen LogP contribution in [-0.4, -0.2) is 29.4 Å². The molecule has 2 N–H and O–H groups in total. The number of carbonyl (C=O) groups excluding carboxylic acids is 1. The van der Waals surface area contributed by atoms with E-state index in [9.17, 15) is 4.79 Å². The van der Waals surface area contributed by atoms with E-state index < -0.39 is 0 Å². The number of carbonyl (C=O) groups is 1. The summed E-state index contributed by atoms with van der Waals surface area (Å²) in [4.78, 5) is 14.7. The zero-order chi connectivity index (χ0) is 13.8. The van der Waals surface area contributed by atoms with E-state index in [1.165, 1.54) is 44.9 Å². The number of amides is 1. The van der Waals surface area contributed by atoms with E-state index >= 15 is 0 Å². The van der Waals surface area contributed by atoms with Gasteiger partial charge in [-0.25, -0.2) is 0 Å². The van der Waals surface area contributed by atoms with Crippen molar-refractivity contribution in [3.8, 4) is 0 Å². The van der Waals surface area contributed by atoms with Gasteiger partial charge in [-0.2, -0.15) is 0 Å². The molecular weight excluding hydrogens is 236 g/mol. The highest BCUT2D eigenvalue weighted by atomic mass is 16.2. The van der Waals surface area contributed by atoms with Crippen molar-refractivity contribution in [2.75, 3.05) is 6.54 Å². The maximum Gasteiger partial charge on any atom is 0.240 e. The van der Waals surface area contributed by atoms with Gasteiger partial charge in [0.2, 0.25) is 5.91 Å². The molecule has 3 nitrogen and oxygen atoms in total. The first-order valence-corrected chi connectivity index (χ1v) is 8.19. The quantitative estimate of drug-likeness (QED) is 0.803. The fourth-order valence-corrected chi connectivity index (χ4v) is 3.14. The van der Waals surface area contributed by atoms with Crippen molar-refractivity contribution in [2.45, 2.75) is 77.3 Å². The largest absolute Gasteiger partial charge is 0.338 e. The number of nitrogens with two attached hydrogens (primary N) is 1. The standard InChI is InChI=1S/C16H30N2O/c1-3-12(2)15(17)16(19)18(14-9-10-14)11-13-7-5-4-6-8-13/h12-15H,3-11,17H2,1-2H3/t12-,15-/m0/s1. The molecule has 2 fully saturated rings. The zero-order valence-electron chi connectivity index (χ0n) is 12.6. The van der Waals surface area contributed by atoms with Crippen LogP contribution in [0.1, 0.15) is 65.2 Å². The lowest BCUT2D eigenvalue weighted by Gasteiger charge is -2.32. The third-order valence-electron chi connectivity index (χ3n) is 4.99. The van der Waals surface area contributed by atoms with Crippen LogP contribution in [0.5, 0.6) is 0 Å². The molecule has 0 spiro atoms. The molecule has 2 rings (SSSR count). The summed E-state index contributed by atoms with van der Waals surface area (Å²) in [5.41, 5.74) is 6.15. The molecule has 19 heavy (non-hydrogen) atoms. The van der Waals surface area contributed by atoms with Crippen molar-refractivity contribution < 1.29 is 4.79 Å². The molecule has 0 aromatic heterocycles. The molecule has 0 bridgehead atoms. The van der Waals surface area contributed by atoms with Crippen LogP contribution in [-0.2, 0) is 4.79 Å². The summed E-state index contributed by atoms with van der Waals surface area (Å²) in [5, 5.41) is 0. The van der Waals surface area contributed by atoms with Crippen molar-refractivity contribution in [1.29, 1.82) is 0 Å². The van der Waals surface area contributed by atoms with Gasteiger partial charge < -0.3 is 10.6 Å². The summed E-state index contributed by atoms with van der Waals surface area (Å²) in [6.07, 6.45) is 10.0. The fourth-order valence-electron chi connectivity index (χ4n) is 3.14. The lowest BCUT2D eigenvalue weighted by atomic mass is 9.88. The normalized spacial score (nSPS) is 23.9. The van der Waals surface area contributed by atoms with Crippen molar-refractivity contribution in [2.24, 2.45) is 17.6 Å². The lowest BCUT2D eigenvalue weighted by Crippen LogP contribution is -2.49. The summed E-state index contributed by atoms with van der Waals surface area (Å²) in [6, 6.07) is 0.207. The molecule has 0 aromatic rings. The van der Waals surface area contributed by atoms with Gasteiger partial charge in [0.25, 0.3) is 0 Å². The van der Waals surface area contributed by atoms with Crippen molar-refractivity contribution in [1.82, 2.24) is 4.90 Å². The highest BCUT2D eigenvalue weighted by Gasteiger charge is 2.37. The minimum atomic E-state index is -0.297. The Kier molecular flexibility index (Phi) is 5.26. The van der Waals surface area contributed by atoms with Crippen LogP contribution >= 0.6 is 0 Å². The monoisotopic (exact) mass is 266 g/mol. The smallest absolute Gasteiger partial charge is 0.240 e. The van der Waals surface area contributed by atoms with Crippen LogP contribution in [0.3, 0.4) is 0 Å². The first kappa shape index (κ1) is 14.8. The predicted octanol–water partition coefficient (Wildman–Crippen LogP) is 2.93. The molecule has 2 saturated carbocycles. The van der Waals surface area contributed by atoms with E-state index in [0.29, 0.717) is 12.0 Å². The van der Waals surface area contributed by atoms with E-state index in [1.807, 2.05) is 0 Å². The van der Waals surface area contributed by atoms with E-state index in [1.54, 1.807) is 0 Å². The van der Waals surface area contributed by atoms with Crippen LogP contribution < -0.4 is 5.73 Å². The van der Waals surface area contributed by atoms with Gasteiger partial charge in [0.15, 0.2) is 0 Å². The fraction of sp³-hybridized carbons (Fsp3) is 0.938. The average Bonchev–Trinajstić information content (AvgIpc) is 3.28. The van der Waals surface area contributed by atoms with Gasteiger partial charge in [-0.3, -0.25) is 4.79 Å². The molecule has 0 radical (unpaired) electrons. The van der Waals surface area contributed by atoms with Gasteiger partial charge in [-0.1, -0.05) is 39.5 Å². The van der Waals surface area contributed by atoms with Crippen LogP contribution in [0.25, 0.3) is 0 Å². The Morgan fingerprint density at radius 2 is 1.84 bits per heavy atom. The lowest BCUT2D eigenvalue weighted by molar-refractivity contribution is -0.135. The van der Waals surface area contributed by atoms with Gasteiger partial charge in [0, 0.05) is 12.6 Å². The molecule has 0 aromatic carbocycles. The second kappa shape index (κ2) is 6.74. The highest BCUT2D eigenvalue weighted by molar-refractivity contribution is 5.82. The Balaban J connectivity index is 1.93. The summed E-state index contributed by atoms with van der Waals surface area (Å²) in [5.74, 6) is 1.23. The molecule has 2 atom stereocenters. The average molecular weight is 266 g/mol. The molecule has 3 heteroatoms. The number of nitrogens with zero attached hydrogens (tertiary/aromatic N) is 1. The Morgan fingerprint density at radius 3 is 2.37 bits per heavy atom. The maximum absolute atomic E-state index is 12.6. The number of hydrogen-bond donors (Lipinski definition) is 1. The van der Waals surface area contributed by atoms with Gasteiger partial charge in [-0.05, 0) is 37.5 Å². The van der Waals surface area contributed by atoms with Crippen LogP contribution in [0.4, 0.5) is 0 Å². The van der Waals surface area contributed by atoms with Crippen LogP contribution in [0.2, 0.25) is 0 Å². The number of hydrogen-bond acceptors (Lipinski definition) is 2. The van der Waals surface area contributed by atoms with E-state index in [0.717, 1.165) is 18.9 Å². The summed E-state index contributed by atoms with van der Waals surface area (Å²) >= 11 is 0. The summed E-state index contributed by atoms with van der Waals surface area (Å²) in [6.45, 7) is 5.17. The van der Waals surface area contributed by atoms with E-state index in [4.69, 9.17) is 5.73 Å². The molecule has 2 aliphatic carbocycles. The molecule has 110 valence electrons. The van der Waals surface area contributed by atoms with Gasteiger partial charge in [-0.15, -0.1) is 0 Å². The van der Waals surface area contributed by atoms with E-state index in [2.05, 4.69) is 18.7 Å². The second-order valence-electron chi connectivity index (χ2n) is 6.64. The Morgan fingerprint density at radius 1 is 1.21 bits per heavy atom. The SMILES string of the molecule is CC[C@H](C)[C@H](N)C(=O)N(CC1CCCCC1)C1CC1. The van der Waals surface area contributed by atoms with Gasteiger partial charge in [0.05, 0.1) is 6.04 Å². The Bertz CT molecular complexity index is 295. The van der Waals surface area contributed by atoms with E-state index in [-0.39, 0.29) is 11.9 Å². The molecule has 0 heterocycles. The second-order valence-corrected chi connectivity index (χ2v) is 6.64. The first-order valence-electron chi connectivity index (χ1n) is 8.19. The van der Waals surface area contributed by atoms with Crippen molar-refractivity contribution in [3.63, 3.8) is 0 Å².